The van der Waals surface area contributed by atoms with Gasteiger partial charge in [0, 0.05) is 12.4 Å². The van der Waals surface area contributed by atoms with E-state index in [0.29, 0.717) is 11.4 Å². The minimum absolute atomic E-state index is 0.0999. The smallest absolute Gasteiger partial charge is 0.144 e. The van der Waals surface area contributed by atoms with Gasteiger partial charge >= 0.3 is 0 Å². The molecule has 0 amide bonds. The molecule has 1 N–H and O–H groups in total. The highest BCUT2D eigenvalue weighted by Gasteiger charge is 2.14. The van der Waals surface area contributed by atoms with Crippen molar-refractivity contribution in [2.45, 2.75) is 26.2 Å². The average molecular weight is 239 g/mol. The van der Waals surface area contributed by atoms with Crippen molar-refractivity contribution in [2.75, 3.05) is 12.4 Å². The predicted octanol–water partition coefficient (Wildman–Crippen LogP) is 3.45. The third-order valence-corrected chi connectivity index (χ3v) is 3.04. The Morgan fingerprint density at radius 1 is 1.22 bits per heavy atom. The molecule has 0 atom stereocenters. The lowest BCUT2D eigenvalue weighted by molar-refractivity contribution is 0.591. The standard InChI is InChI=1S/C15H17N3/c1-15(2,3)12-5-6-13-10(8-12)7-11(9-16)14(17-4)18-13/h5-8H,1-4H3,(H,17,18). The van der Waals surface area contributed by atoms with E-state index in [9.17, 15) is 0 Å². The summed E-state index contributed by atoms with van der Waals surface area (Å²) in [6.45, 7) is 6.53. The van der Waals surface area contributed by atoms with Crippen LogP contribution in [0.25, 0.3) is 10.9 Å². The molecule has 0 aliphatic heterocycles. The number of pyridine rings is 1. The summed E-state index contributed by atoms with van der Waals surface area (Å²) in [5, 5.41) is 13.1. The summed E-state index contributed by atoms with van der Waals surface area (Å²) in [5.41, 5.74) is 2.84. The molecule has 0 aliphatic carbocycles. The Kier molecular flexibility index (Phi) is 2.96. The Morgan fingerprint density at radius 2 is 1.94 bits per heavy atom. The van der Waals surface area contributed by atoms with E-state index in [1.54, 1.807) is 7.05 Å². The van der Waals surface area contributed by atoms with Crippen molar-refractivity contribution in [1.29, 1.82) is 5.26 Å². The maximum atomic E-state index is 9.11. The van der Waals surface area contributed by atoms with Gasteiger partial charge in [-0.2, -0.15) is 5.26 Å². The summed E-state index contributed by atoms with van der Waals surface area (Å²) in [6, 6.07) is 10.3. The van der Waals surface area contributed by atoms with E-state index in [2.05, 4.69) is 49.3 Å². The van der Waals surface area contributed by atoms with Gasteiger partial charge in [-0.15, -0.1) is 0 Å². The second-order valence-electron chi connectivity index (χ2n) is 5.40. The van der Waals surface area contributed by atoms with Gasteiger partial charge in [0.2, 0.25) is 0 Å². The zero-order valence-electron chi connectivity index (χ0n) is 11.2. The first-order valence-corrected chi connectivity index (χ1v) is 5.99. The minimum Gasteiger partial charge on any atom is -0.372 e. The van der Waals surface area contributed by atoms with Crippen LogP contribution in [-0.4, -0.2) is 12.0 Å². The molecule has 1 aromatic carbocycles. The van der Waals surface area contributed by atoms with Crippen LogP contribution in [0.3, 0.4) is 0 Å². The highest BCUT2D eigenvalue weighted by molar-refractivity contribution is 5.83. The molecule has 0 spiro atoms. The van der Waals surface area contributed by atoms with Crippen molar-refractivity contribution in [1.82, 2.24) is 4.98 Å². The van der Waals surface area contributed by atoms with Crippen LogP contribution >= 0.6 is 0 Å². The zero-order valence-corrected chi connectivity index (χ0v) is 11.2. The number of aromatic nitrogens is 1. The number of anilines is 1. The molecule has 0 fully saturated rings. The number of hydrogen-bond donors (Lipinski definition) is 1. The molecule has 0 saturated carbocycles. The van der Waals surface area contributed by atoms with Crippen LogP contribution in [0.1, 0.15) is 31.9 Å². The largest absolute Gasteiger partial charge is 0.372 e. The Balaban J connectivity index is 2.68. The van der Waals surface area contributed by atoms with Crippen LogP contribution in [0.5, 0.6) is 0 Å². The first-order chi connectivity index (χ1) is 8.45. The maximum Gasteiger partial charge on any atom is 0.144 e. The van der Waals surface area contributed by atoms with Gasteiger partial charge in [-0.05, 0) is 29.2 Å². The highest BCUT2D eigenvalue weighted by atomic mass is 15.0. The van der Waals surface area contributed by atoms with E-state index >= 15 is 0 Å². The molecule has 1 aromatic heterocycles. The van der Waals surface area contributed by atoms with Gasteiger partial charge in [0.25, 0.3) is 0 Å². The summed E-state index contributed by atoms with van der Waals surface area (Å²) < 4.78 is 0. The predicted molar refractivity (Wildman–Crippen MR) is 74.7 cm³/mol. The molecule has 0 aliphatic rings. The zero-order chi connectivity index (χ0) is 13.3. The van der Waals surface area contributed by atoms with Gasteiger partial charge in [0.1, 0.15) is 11.9 Å². The lowest BCUT2D eigenvalue weighted by Crippen LogP contribution is -2.10. The molecule has 2 aromatic rings. The van der Waals surface area contributed by atoms with Crippen molar-refractivity contribution in [3.63, 3.8) is 0 Å². The molecule has 0 radical (unpaired) electrons. The van der Waals surface area contributed by atoms with E-state index in [0.717, 1.165) is 10.9 Å². The highest BCUT2D eigenvalue weighted by Crippen LogP contribution is 2.27. The van der Waals surface area contributed by atoms with Gasteiger partial charge in [0.05, 0.1) is 11.1 Å². The molecular formula is C15H17N3. The quantitative estimate of drug-likeness (QED) is 0.829. The van der Waals surface area contributed by atoms with Gasteiger partial charge < -0.3 is 5.32 Å². The number of nitriles is 1. The molecule has 3 heteroatoms. The third-order valence-electron chi connectivity index (χ3n) is 3.04. The first-order valence-electron chi connectivity index (χ1n) is 5.99. The van der Waals surface area contributed by atoms with Gasteiger partial charge in [0.15, 0.2) is 0 Å². The van der Waals surface area contributed by atoms with E-state index < -0.39 is 0 Å². The minimum atomic E-state index is 0.0999. The summed E-state index contributed by atoms with van der Waals surface area (Å²) in [7, 11) is 1.78. The fourth-order valence-electron chi connectivity index (χ4n) is 1.92. The van der Waals surface area contributed by atoms with Crippen molar-refractivity contribution in [3.05, 3.63) is 35.4 Å². The summed E-state index contributed by atoms with van der Waals surface area (Å²) in [4.78, 5) is 4.45. The molecule has 0 saturated heterocycles. The van der Waals surface area contributed by atoms with Crippen molar-refractivity contribution in [3.8, 4) is 6.07 Å². The van der Waals surface area contributed by atoms with Crippen LogP contribution in [0.15, 0.2) is 24.3 Å². The van der Waals surface area contributed by atoms with Gasteiger partial charge in [-0.3, -0.25) is 0 Å². The molecule has 92 valence electrons. The molecular weight excluding hydrogens is 222 g/mol. The fourth-order valence-corrected chi connectivity index (χ4v) is 1.92. The molecule has 18 heavy (non-hydrogen) atoms. The Hall–Kier alpha value is -2.08. The number of rotatable bonds is 1. The lowest BCUT2D eigenvalue weighted by atomic mass is 9.86. The van der Waals surface area contributed by atoms with Crippen LogP contribution in [0, 0.1) is 11.3 Å². The van der Waals surface area contributed by atoms with E-state index in [1.165, 1.54) is 5.56 Å². The monoisotopic (exact) mass is 239 g/mol. The topological polar surface area (TPSA) is 48.7 Å². The fraction of sp³-hybridized carbons (Fsp3) is 0.333. The molecule has 1 heterocycles. The van der Waals surface area contributed by atoms with Crippen LogP contribution in [0.4, 0.5) is 5.82 Å². The number of nitrogens with one attached hydrogen (secondary N) is 1. The van der Waals surface area contributed by atoms with Gasteiger partial charge in [-0.1, -0.05) is 26.8 Å². The first kappa shape index (κ1) is 12.4. The van der Waals surface area contributed by atoms with E-state index in [1.807, 2.05) is 12.1 Å². The van der Waals surface area contributed by atoms with Gasteiger partial charge in [-0.25, -0.2) is 4.98 Å². The van der Waals surface area contributed by atoms with Crippen molar-refractivity contribution in [2.24, 2.45) is 0 Å². The number of fused-ring (bicyclic) bond motifs is 1. The number of benzene rings is 1. The molecule has 3 nitrogen and oxygen atoms in total. The summed E-state index contributed by atoms with van der Waals surface area (Å²) in [5.74, 6) is 0.633. The molecule has 0 bridgehead atoms. The normalized spacial score (nSPS) is 11.3. The SMILES string of the molecule is CNc1nc2ccc(C(C)(C)C)cc2cc1C#N. The van der Waals surface area contributed by atoms with Crippen molar-refractivity contribution < 1.29 is 0 Å². The van der Waals surface area contributed by atoms with Crippen LogP contribution in [-0.2, 0) is 5.41 Å². The van der Waals surface area contributed by atoms with E-state index in [4.69, 9.17) is 5.26 Å². The van der Waals surface area contributed by atoms with E-state index in [-0.39, 0.29) is 5.41 Å². The second-order valence-corrected chi connectivity index (χ2v) is 5.40. The Bertz CT molecular complexity index is 630. The number of hydrogen-bond acceptors (Lipinski definition) is 3. The second kappa shape index (κ2) is 4.30. The third kappa shape index (κ3) is 2.14. The summed E-state index contributed by atoms with van der Waals surface area (Å²) >= 11 is 0. The number of nitrogens with zero attached hydrogens (tertiary/aromatic N) is 2. The molecule has 0 unspecified atom stereocenters. The Labute approximate surface area is 107 Å². The summed E-state index contributed by atoms with van der Waals surface area (Å²) in [6.07, 6.45) is 0. The van der Waals surface area contributed by atoms with Crippen molar-refractivity contribution >= 4 is 16.7 Å². The molecule has 2 rings (SSSR count). The Morgan fingerprint density at radius 3 is 2.50 bits per heavy atom. The average Bonchev–Trinajstić information content (AvgIpc) is 2.35. The van der Waals surface area contributed by atoms with Crippen LogP contribution in [0.2, 0.25) is 0 Å². The lowest BCUT2D eigenvalue weighted by Gasteiger charge is -2.19. The maximum absolute atomic E-state index is 9.11. The van der Waals surface area contributed by atoms with Crippen LogP contribution < -0.4 is 5.32 Å².